The van der Waals surface area contributed by atoms with E-state index in [4.69, 9.17) is 4.74 Å². The molecule has 0 aromatic heterocycles. The maximum absolute atomic E-state index is 12.7. The van der Waals surface area contributed by atoms with Crippen LogP contribution in [0.3, 0.4) is 0 Å². The van der Waals surface area contributed by atoms with E-state index in [0.717, 1.165) is 28.9 Å². The normalized spacial score (nSPS) is 15.9. The van der Waals surface area contributed by atoms with Gasteiger partial charge in [0.25, 0.3) is 0 Å². The maximum Gasteiger partial charge on any atom is 0.331 e. The fourth-order valence-corrected chi connectivity index (χ4v) is 3.47. The van der Waals surface area contributed by atoms with Gasteiger partial charge in [0, 0.05) is 13.0 Å². The van der Waals surface area contributed by atoms with Gasteiger partial charge >= 0.3 is 5.97 Å². The molecule has 1 heterocycles. The fourth-order valence-electron chi connectivity index (χ4n) is 3.47. The minimum Gasteiger partial charge on any atom is -0.494 e. The lowest BCUT2D eigenvalue weighted by Crippen LogP contribution is -2.43. The molecule has 1 N–H and O–H groups in total. The molecule has 1 aliphatic rings. The van der Waals surface area contributed by atoms with Crippen LogP contribution in [0, 0.1) is 0 Å². The van der Waals surface area contributed by atoms with Gasteiger partial charge in [-0.15, -0.1) is 0 Å². The van der Waals surface area contributed by atoms with Gasteiger partial charge in [-0.05, 0) is 48.1 Å². The van der Waals surface area contributed by atoms with E-state index in [2.05, 4.69) is 6.92 Å². The van der Waals surface area contributed by atoms with Gasteiger partial charge in [0.05, 0.1) is 6.61 Å². The Kier molecular flexibility index (Phi) is 6.12. The number of nitrogens with zero attached hydrogens (tertiary/aromatic N) is 1. The zero-order chi connectivity index (χ0) is 19.2. The number of carbonyl (C=O) groups excluding carboxylic acids is 1. The predicted molar refractivity (Wildman–Crippen MR) is 103 cm³/mol. The summed E-state index contributed by atoms with van der Waals surface area (Å²) in [6, 6.07) is 14.3. The Morgan fingerprint density at radius 1 is 1.15 bits per heavy atom. The number of ether oxygens (including phenoxy) is 1. The summed E-state index contributed by atoms with van der Waals surface area (Å²) in [5.41, 5.74) is 2.77. The number of carboxylic acid groups (broad SMARTS) is 1. The molecule has 5 heteroatoms. The highest BCUT2D eigenvalue weighted by Crippen LogP contribution is 2.30. The van der Waals surface area contributed by atoms with Gasteiger partial charge < -0.3 is 14.7 Å². The van der Waals surface area contributed by atoms with Crippen LogP contribution in [0.2, 0.25) is 0 Å². The molecule has 0 aliphatic carbocycles. The van der Waals surface area contributed by atoms with Gasteiger partial charge in [-0.1, -0.05) is 43.3 Å². The molecule has 0 bridgehead atoms. The zero-order valence-corrected chi connectivity index (χ0v) is 15.6. The van der Waals surface area contributed by atoms with Gasteiger partial charge in [-0.25, -0.2) is 4.79 Å². The Bertz CT molecular complexity index is 800. The molecule has 1 aliphatic heterocycles. The summed E-state index contributed by atoms with van der Waals surface area (Å²) in [7, 11) is 0. The zero-order valence-electron chi connectivity index (χ0n) is 15.6. The number of fused-ring (bicyclic) bond motifs is 1. The van der Waals surface area contributed by atoms with Crippen molar-refractivity contribution >= 4 is 11.9 Å². The van der Waals surface area contributed by atoms with E-state index in [9.17, 15) is 14.7 Å². The van der Waals surface area contributed by atoms with Crippen LogP contribution in [0.25, 0.3) is 0 Å². The lowest BCUT2D eigenvalue weighted by atomic mass is 9.92. The third kappa shape index (κ3) is 4.48. The Hall–Kier alpha value is -2.82. The van der Waals surface area contributed by atoms with Crippen molar-refractivity contribution in [1.29, 1.82) is 0 Å². The molecule has 27 heavy (non-hydrogen) atoms. The number of carboxylic acids is 1. The van der Waals surface area contributed by atoms with Crippen LogP contribution >= 0.6 is 0 Å². The molecule has 142 valence electrons. The van der Waals surface area contributed by atoms with Gasteiger partial charge in [0.15, 0.2) is 6.04 Å². The van der Waals surface area contributed by atoms with E-state index in [1.54, 1.807) is 0 Å². The van der Waals surface area contributed by atoms with Crippen molar-refractivity contribution in [2.75, 3.05) is 13.2 Å². The second-order valence-electron chi connectivity index (χ2n) is 6.77. The first-order chi connectivity index (χ1) is 13.1. The fraction of sp³-hybridized carbons (Fsp3) is 0.364. The van der Waals surface area contributed by atoms with Gasteiger partial charge in [0.2, 0.25) is 5.91 Å². The Morgan fingerprint density at radius 3 is 2.59 bits per heavy atom. The number of rotatable bonds is 7. The minimum absolute atomic E-state index is 0.122. The van der Waals surface area contributed by atoms with E-state index in [1.807, 2.05) is 48.5 Å². The number of aliphatic carboxylic acids is 1. The number of hydrogen-bond donors (Lipinski definition) is 1. The topological polar surface area (TPSA) is 66.8 Å². The maximum atomic E-state index is 12.7. The number of benzene rings is 2. The summed E-state index contributed by atoms with van der Waals surface area (Å²) in [6.45, 7) is 3.19. The second kappa shape index (κ2) is 8.71. The average molecular weight is 367 g/mol. The lowest BCUT2D eigenvalue weighted by molar-refractivity contribution is -0.151. The van der Waals surface area contributed by atoms with Gasteiger partial charge in [0.1, 0.15) is 5.75 Å². The number of amides is 1. The summed E-state index contributed by atoms with van der Waals surface area (Å²) >= 11 is 0. The first kappa shape index (κ1) is 19.0. The summed E-state index contributed by atoms with van der Waals surface area (Å²) in [5, 5.41) is 9.68. The summed E-state index contributed by atoms with van der Waals surface area (Å²) in [6.07, 6.45) is 2.52. The molecule has 0 saturated heterocycles. The smallest absolute Gasteiger partial charge is 0.331 e. The molecule has 1 atom stereocenters. The van der Waals surface area contributed by atoms with Gasteiger partial charge in [-0.3, -0.25) is 4.79 Å². The van der Waals surface area contributed by atoms with Crippen LogP contribution in [0.15, 0.2) is 48.5 Å². The largest absolute Gasteiger partial charge is 0.494 e. The predicted octanol–water partition coefficient (Wildman–Crippen LogP) is 3.62. The van der Waals surface area contributed by atoms with E-state index in [-0.39, 0.29) is 5.91 Å². The van der Waals surface area contributed by atoms with Crippen molar-refractivity contribution in [3.63, 3.8) is 0 Å². The Labute approximate surface area is 159 Å². The molecule has 1 unspecified atom stereocenters. The van der Waals surface area contributed by atoms with Gasteiger partial charge in [-0.2, -0.15) is 0 Å². The van der Waals surface area contributed by atoms with E-state index in [0.29, 0.717) is 32.4 Å². The number of carbonyl (C=O) groups is 2. The highest BCUT2D eigenvalue weighted by atomic mass is 16.5. The minimum atomic E-state index is -0.979. The van der Waals surface area contributed by atoms with Crippen molar-refractivity contribution in [3.8, 4) is 5.75 Å². The molecule has 1 amide bonds. The van der Waals surface area contributed by atoms with Crippen molar-refractivity contribution < 1.29 is 19.4 Å². The average Bonchev–Trinajstić information content (AvgIpc) is 2.70. The SMILES string of the molecule is CCCOc1ccc(CCC(=O)N2CCc3ccccc3C2C(=O)O)cc1. The highest BCUT2D eigenvalue weighted by Gasteiger charge is 2.35. The van der Waals surface area contributed by atoms with Crippen LogP contribution in [-0.4, -0.2) is 35.0 Å². The van der Waals surface area contributed by atoms with Crippen LogP contribution in [0.4, 0.5) is 0 Å². The molecule has 0 radical (unpaired) electrons. The number of aryl methyl sites for hydroxylation is 1. The van der Waals surface area contributed by atoms with Crippen molar-refractivity contribution in [2.24, 2.45) is 0 Å². The first-order valence-electron chi connectivity index (χ1n) is 9.42. The molecule has 2 aromatic carbocycles. The van der Waals surface area contributed by atoms with Crippen molar-refractivity contribution in [2.45, 2.75) is 38.6 Å². The van der Waals surface area contributed by atoms with Crippen molar-refractivity contribution in [1.82, 2.24) is 4.90 Å². The summed E-state index contributed by atoms with van der Waals surface area (Å²) in [5.74, 6) is -0.276. The monoisotopic (exact) mass is 367 g/mol. The molecule has 0 saturated carbocycles. The molecule has 0 spiro atoms. The van der Waals surface area contributed by atoms with Crippen LogP contribution in [0.5, 0.6) is 5.75 Å². The molecule has 2 aromatic rings. The van der Waals surface area contributed by atoms with Crippen LogP contribution in [0.1, 0.15) is 42.5 Å². The standard InChI is InChI=1S/C22H25NO4/c1-2-15-27-18-10-7-16(8-11-18)9-12-20(24)23-14-13-17-5-3-4-6-19(17)21(23)22(25)26/h3-8,10-11,21H,2,9,12-15H2,1H3,(H,25,26). The van der Waals surface area contributed by atoms with Crippen molar-refractivity contribution in [3.05, 3.63) is 65.2 Å². The summed E-state index contributed by atoms with van der Waals surface area (Å²) < 4.78 is 5.56. The Balaban J connectivity index is 1.64. The van der Waals surface area contributed by atoms with Crippen LogP contribution in [-0.2, 0) is 22.4 Å². The van der Waals surface area contributed by atoms with E-state index < -0.39 is 12.0 Å². The van der Waals surface area contributed by atoms with E-state index >= 15 is 0 Å². The van der Waals surface area contributed by atoms with E-state index in [1.165, 1.54) is 4.90 Å². The molecule has 0 fully saturated rings. The molecule has 3 rings (SSSR count). The second-order valence-corrected chi connectivity index (χ2v) is 6.77. The highest BCUT2D eigenvalue weighted by molar-refractivity contribution is 5.85. The summed E-state index contributed by atoms with van der Waals surface area (Å²) in [4.78, 5) is 26.1. The lowest BCUT2D eigenvalue weighted by Gasteiger charge is -2.34. The number of hydrogen-bond acceptors (Lipinski definition) is 3. The molecular formula is C22H25NO4. The third-order valence-electron chi connectivity index (χ3n) is 4.86. The quantitative estimate of drug-likeness (QED) is 0.812. The molecular weight excluding hydrogens is 342 g/mol. The third-order valence-corrected chi connectivity index (χ3v) is 4.86. The first-order valence-corrected chi connectivity index (χ1v) is 9.42. The Morgan fingerprint density at radius 2 is 1.89 bits per heavy atom. The van der Waals surface area contributed by atoms with Crippen LogP contribution < -0.4 is 4.74 Å². The molecule has 5 nitrogen and oxygen atoms in total.